The molecule has 96 valence electrons. The summed E-state index contributed by atoms with van der Waals surface area (Å²) in [5, 5.41) is 3.90. The first-order chi connectivity index (χ1) is 8.50. The molecule has 0 amide bonds. The Morgan fingerprint density at radius 1 is 1.28 bits per heavy atom. The van der Waals surface area contributed by atoms with E-state index in [9.17, 15) is 13.2 Å². The zero-order valence-electron chi connectivity index (χ0n) is 9.48. The van der Waals surface area contributed by atoms with Crippen molar-refractivity contribution in [2.75, 3.05) is 0 Å². The van der Waals surface area contributed by atoms with Crippen LogP contribution in [-0.2, 0) is 19.3 Å². The number of aromatic nitrogens is 2. The van der Waals surface area contributed by atoms with Crippen molar-refractivity contribution in [3.63, 3.8) is 0 Å². The highest BCUT2D eigenvalue weighted by molar-refractivity contribution is 5.34. The van der Waals surface area contributed by atoms with Gasteiger partial charge in [-0.2, -0.15) is 18.3 Å². The van der Waals surface area contributed by atoms with Crippen LogP contribution in [0.25, 0.3) is 0 Å². The zero-order valence-corrected chi connectivity index (χ0v) is 9.48. The van der Waals surface area contributed by atoms with Crippen molar-refractivity contribution >= 4 is 0 Å². The van der Waals surface area contributed by atoms with E-state index in [4.69, 9.17) is 5.73 Å². The second kappa shape index (κ2) is 4.81. The molecule has 3 nitrogen and oxygen atoms in total. The highest BCUT2D eigenvalue weighted by Crippen LogP contribution is 2.33. The van der Waals surface area contributed by atoms with Crippen LogP contribution in [0.4, 0.5) is 13.2 Å². The molecule has 0 saturated heterocycles. The summed E-state index contributed by atoms with van der Waals surface area (Å²) in [7, 11) is 0. The second-order valence-electron chi connectivity index (χ2n) is 3.90. The number of alkyl halides is 3. The smallest absolute Gasteiger partial charge is 0.326 e. The van der Waals surface area contributed by atoms with Gasteiger partial charge in [-0.25, -0.2) is 0 Å². The summed E-state index contributed by atoms with van der Waals surface area (Å²) in [5.41, 5.74) is 5.36. The highest BCUT2D eigenvalue weighted by atomic mass is 19.4. The summed E-state index contributed by atoms with van der Waals surface area (Å²) in [6.07, 6.45) is -1.23. The van der Waals surface area contributed by atoms with Crippen molar-refractivity contribution in [1.29, 1.82) is 0 Å². The minimum Gasteiger partial charge on any atom is -0.326 e. The first-order valence-corrected chi connectivity index (χ1v) is 5.37. The Morgan fingerprint density at radius 3 is 2.61 bits per heavy atom. The van der Waals surface area contributed by atoms with Gasteiger partial charge in [0, 0.05) is 18.9 Å². The standard InChI is InChI=1S/C12H12F3N3/c13-12(14,15)11-6-9(7-16)2-3-10(11)8-18-5-1-4-17-18/h1-6H,7-8,16H2. The molecule has 1 heterocycles. The van der Waals surface area contributed by atoms with E-state index < -0.39 is 11.7 Å². The maximum Gasteiger partial charge on any atom is 0.416 e. The average molecular weight is 255 g/mol. The molecular formula is C12H12F3N3. The fourth-order valence-electron chi connectivity index (χ4n) is 1.72. The molecule has 0 bridgehead atoms. The van der Waals surface area contributed by atoms with Gasteiger partial charge in [0.1, 0.15) is 0 Å². The molecule has 2 rings (SSSR count). The van der Waals surface area contributed by atoms with E-state index in [0.717, 1.165) is 6.07 Å². The average Bonchev–Trinajstić information content (AvgIpc) is 2.81. The molecule has 0 fully saturated rings. The summed E-state index contributed by atoms with van der Waals surface area (Å²) in [6.45, 7) is 0.178. The molecule has 0 unspecified atom stereocenters. The van der Waals surface area contributed by atoms with Gasteiger partial charge >= 0.3 is 6.18 Å². The zero-order chi connectivity index (χ0) is 13.2. The molecule has 0 radical (unpaired) electrons. The summed E-state index contributed by atoms with van der Waals surface area (Å²) in [6, 6.07) is 5.82. The molecule has 1 aromatic heterocycles. The fourth-order valence-corrected chi connectivity index (χ4v) is 1.72. The Kier molecular flexibility index (Phi) is 3.38. The minimum absolute atomic E-state index is 0.0884. The van der Waals surface area contributed by atoms with Crippen LogP contribution in [0.3, 0.4) is 0 Å². The maximum atomic E-state index is 12.9. The monoisotopic (exact) mass is 255 g/mol. The van der Waals surface area contributed by atoms with Crippen LogP contribution in [0.5, 0.6) is 0 Å². The second-order valence-corrected chi connectivity index (χ2v) is 3.90. The van der Waals surface area contributed by atoms with Gasteiger partial charge in [0.05, 0.1) is 12.1 Å². The van der Waals surface area contributed by atoms with Crippen LogP contribution in [0.15, 0.2) is 36.7 Å². The fraction of sp³-hybridized carbons (Fsp3) is 0.250. The molecule has 0 atom stereocenters. The molecule has 6 heteroatoms. The molecule has 1 aromatic carbocycles. The number of rotatable bonds is 3. The number of hydrogen-bond donors (Lipinski definition) is 1. The first-order valence-electron chi connectivity index (χ1n) is 5.37. The van der Waals surface area contributed by atoms with Gasteiger partial charge in [0.15, 0.2) is 0 Å². The summed E-state index contributed by atoms with van der Waals surface area (Å²) < 4.78 is 40.2. The number of nitrogens with two attached hydrogens (primary N) is 1. The summed E-state index contributed by atoms with van der Waals surface area (Å²) in [4.78, 5) is 0. The lowest BCUT2D eigenvalue weighted by molar-refractivity contribution is -0.138. The van der Waals surface area contributed by atoms with E-state index in [-0.39, 0.29) is 18.7 Å². The topological polar surface area (TPSA) is 43.8 Å². The Bertz CT molecular complexity index is 518. The molecule has 2 aromatic rings. The van der Waals surface area contributed by atoms with Gasteiger partial charge in [-0.15, -0.1) is 0 Å². The van der Waals surface area contributed by atoms with Crippen LogP contribution in [0.2, 0.25) is 0 Å². The molecular weight excluding hydrogens is 243 g/mol. The molecule has 0 aliphatic rings. The van der Waals surface area contributed by atoms with Gasteiger partial charge in [-0.3, -0.25) is 4.68 Å². The third-order valence-corrected chi connectivity index (χ3v) is 2.61. The van der Waals surface area contributed by atoms with Gasteiger partial charge < -0.3 is 5.73 Å². The third kappa shape index (κ3) is 2.70. The van der Waals surface area contributed by atoms with Gasteiger partial charge in [0.2, 0.25) is 0 Å². The van der Waals surface area contributed by atoms with Crippen LogP contribution < -0.4 is 5.73 Å². The van der Waals surface area contributed by atoms with Crippen LogP contribution in [0, 0.1) is 0 Å². The normalized spacial score (nSPS) is 11.8. The number of benzene rings is 1. The minimum atomic E-state index is -4.38. The van der Waals surface area contributed by atoms with Crippen molar-refractivity contribution in [2.45, 2.75) is 19.3 Å². The number of nitrogens with zero attached hydrogens (tertiary/aromatic N) is 2. The van der Waals surface area contributed by atoms with Crippen molar-refractivity contribution in [2.24, 2.45) is 5.73 Å². The molecule has 0 aliphatic carbocycles. The lowest BCUT2D eigenvalue weighted by Gasteiger charge is -2.14. The summed E-state index contributed by atoms with van der Waals surface area (Å²) in [5.74, 6) is 0. The maximum absolute atomic E-state index is 12.9. The molecule has 2 N–H and O–H groups in total. The lowest BCUT2D eigenvalue weighted by Crippen LogP contribution is -2.13. The van der Waals surface area contributed by atoms with Gasteiger partial charge in [-0.05, 0) is 23.3 Å². The molecule has 0 saturated carbocycles. The van der Waals surface area contributed by atoms with E-state index in [2.05, 4.69) is 5.10 Å². The Balaban J connectivity index is 2.40. The first kappa shape index (κ1) is 12.6. The molecule has 0 spiro atoms. The van der Waals surface area contributed by atoms with Crippen LogP contribution >= 0.6 is 0 Å². The van der Waals surface area contributed by atoms with Crippen molar-refractivity contribution in [3.8, 4) is 0 Å². The number of hydrogen-bond acceptors (Lipinski definition) is 2. The van der Waals surface area contributed by atoms with Crippen LogP contribution in [-0.4, -0.2) is 9.78 Å². The largest absolute Gasteiger partial charge is 0.416 e. The predicted molar refractivity (Wildman–Crippen MR) is 60.7 cm³/mol. The lowest BCUT2D eigenvalue weighted by atomic mass is 10.0. The van der Waals surface area contributed by atoms with E-state index in [0.29, 0.717) is 5.56 Å². The van der Waals surface area contributed by atoms with Crippen molar-refractivity contribution < 1.29 is 13.2 Å². The van der Waals surface area contributed by atoms with E-state index in [1.54, 1.807) is 18.3 Å². The molecule has 0 aliphatic heterocycles. The predicted octanol–water partition coefficient (Wildman–Crippen LogP) is 2.41. The van der Waals surface area contributed by atoms with Crippen molar-refractivity contribution in [1.82, 2.24) is 9.78 Å². The number of halogens is 3. The summed E-state index contributed by atoms with van der Waals surface area (Å²) >= 11 is 0. The van der Waals surface area contributed by atoms with Crippen molar-refractivity contribution in [3.05, 3.63) is 53.3 Å². The van der Waals surface area contributed by atoms with E-state index in [1.165, 1.54) is 16.9 Å². The molecule has 18 heavy (non-hydrogen) atoms. The Labute approximate surface area is 102 Å². The van der Waals surface area contributed by atoms with Gasteiger partial charge in [-0.1, -0.05) is 12.1 Å². The SMILES string of the molecule is NCc1ccc(Cn2cccn2)c(C(F)(F)F)c1. The van der Waals surface area contributed by atoms with Gasteiger partial charge in [0.25, 0.3) is 0 Å². The van der Waals surface area contributed by atoms with E-state index in [1.807, 2.05) is 0 Å². The highest BCUT2D eigenvalue weighted by Gasteiger charge is 2.33. The Morgan fingerprint density at radius 2 is 2.06 bits per heavy atom. The van der Waals surface area contributed by atoms with E-state index >= 15 is 0 Å². The third-order valence-electron chi connectivity index (χ3n) is 2.61. The quantitative estimate of drug-likeness (QED) is 0.915. The van der Waals surface area contributed by atoms with Crippen LogP contribution in [0.1, 0.15) is 16.7 Å². The Hall–Kier alpha value is -1.82.